The van der Waals surface area contributed by atoms with Crippen molar-refractivity contribution in [3.8, 4) is 16.9 Å². The van der Waals surface area contributed by atoms with E-state index in [2.05, 4.69) is 6.58 Å². The van der Waals surface area contributed by atoms with Crippen LogP contribution in [-0.4, -0.2) is 5.97 Å². The summed E-state index contributed by atoms with van der Waals surface area (Å²) in [7, 11) is 0. The van der Waals surface area contributed by atoms with Gasteiger partial charge in [0.05, 0.1) is 5.56 Å². The molecule has 0 aromatic heterocycles. The molecule has 0 saturated heterocycles. The standard InChI is InChI=1S/C28H24F4O2/c1-3-5-7-16-8-10-18(11-9-16)28(33)34-21-15-14-20-19-13-12-17(6-4-2)24(29)22(19)26(31)27(32)23(20)25(21)30/h3,8-15,26-27H,1,4-7H2,2H3. The second-order valence-electron chi connectivity index (χ2n) is 8.31. The number of carbonyl (C=O) groups excluding carboxylic acids is 1. The largest absolute Gasteiger partial charge is 0.420 e. The Kier molecular flexibility index (Phi) is 6.87. The Hall–Kier alpha value is -3.41. The van der Waals surface area contributed by atoms with E-state index in [0.29, 0.717) is 18.4 Å². The van der Waals surface area contributed by atoms with E-state index in [4.69, 9.17) is 4.74 Å². The Bertz CT molecular complexity index is 1230. The van der Waals surface area contributed by atoms with Crippen molar-refractivity contribution in [2.75, 3.05) is 0 Å². The van der Waals surface area contributed by atoms with Gasteiger partial charge in [0, 0.05) is 11.1 Å². The number of rotatable bonds is 7. The second kappa shape index (κ2) is 9.84. The topological polar surface area (TPSA) is 26.3 Å². The highest BCUT2D eigenvalue weighted by molar-refractivity contribution is 5.91. The number of hydrogen-bond donors (Lipinski definition) is 0. The van der Waals surface area contributed by atoms with Crippen LogP contribution in [0.3, 0.4) is 0 Å². The summed E-state index contributed by atoms with van der Waals surface area (Å²) in [6.45, 7) is 5.52. The number of esters is 1. The lowest BCUT2D eigenvalue weighted by atomic mass is 9.81. The molecule has 0 amide bonds. The highest BCUT2D eigenvalue weighted by Crippen LogP contribution is 2.51. The molecule has 2 unspecified atom stereocenters. The third-order valence-electron chi connectivity index (χ3n) is 6.05. The summed E-state index contributed by atoms with van der Waals surface area (Å²) in [5.74, 6) is -3.31. The number of carbonyl (C=O) groups is 1. The van der Waals surface area contributed by atoms with Crippen LogP contribution in [0.25, 0.3) is 11.1 Å². The fraction of sp³-hybridized carbons (Fsp3) is 0.250. The first-order valence-electron chi connectivity index (χ1n) is 11.2. The minimum atomic E-state index is -2.43. The Morgan fingerprint density at radius 2 is 1.53 bits per heavy atom. The average Bonchev–Trinajstić information content (AvgIpc) is 2.84. The van der Waals surface area contributed by atoms with Gasteiger partial charge in [-0.1, -0.05) is 49.8 Å². The van der Waals surface area contributed by atoms with E-state index in [1.165, 1.54) is 24.3 Å². The lowest BCUT2D eigenvalue weighted by Crippen LogP contribution is -2.17. The molecule has 3 aromatic carbocycles. The van der Waals surface area contributed by atoms with Crippen molar-refractivity contribution in [2.24, 2.45) is 0 Å². The maximum atomic E-state index is 15.3. The monoisotopic (exact) mass is 468 g/mol. The van der Waals surface area contributed by atoms with E-state index in [0.717, 1.165) is 18.4 Å². The smallest absolute Gasteiger partial charge is 0.343 e. The number of fused-ring (bicyclic) bond motifs is 3. The predicted octanol–water partition coefficient (Wildman–Crippen LogP) is 7.96. The number of hydrogen-bond acceptors (Lipinski definition) is 2. The summed E-state index contributed by atoms with van der Waals surface area (Å²) in [6, 6.07) is 12.1. The molecular formula is C28H24F4O2. The van der Waals surface area contributed by atoms with Crippen LogP contribution in [0.15, 0.2) is 61.2 Å². The number of benzene rings is 3. The average molecular weight is 468 g/mol. The molecule has 176 valence electrons. The maximum absolute atomic E-state index is 15.3. The molecule has 0 radical (unpaired) electrons. The van der Waals surface area contributed by atoms with Gasteiger partial charge in [-0.3, -0.25) is 0 Å². The molecule has 2 atom stereocenters. The maximum Gasteiger partial charge on any atom is 0.343 e. The van der Waals surface area contributed by atoms with Crippen molar-refractivity contribution in [3.63, 3.8) is 0 Å². The highest BCUT2D eigenvalue weighted by Gasteiger charge is 2.40. The first-order chi connectivity index (χ1) is 16.4. The fourth-order valence-electron chi connectivity index (χ4n) is 4.29. The minimum Gasteiger partial charge on any atom is -0.420 e. The summed E-state index contributed by atoms with van der Waals surface area (Å²) in [5, 5.41) is 0. The Labute approximate surface area is 195 Å². The van der Waals surface area contributed by atoms with Crippen molar-refractivity contribution in [3.05, 3.63) is 101 Å². The summed E-state index contributed by atoms with van der Waals surface area (Å²) >= 11 is 0. The van der Waals surface area contributed by atoms with Crippen molar-refractivity contribution in [1.29, 1.82) is 0 Å². The lowest BCUT2D eigenvalue weighted by molar-refractivity contribution is 0.0726. The Morgan fingerprint density at radius 3 is 2.15 bits per heavy atom. The van der Waals surface area contributed by atoms with Crippen LogP contribution < -0.4 is 4.74 Å². The molecule has 0 N–H and O–H groups in total. The van der Waals surface area contributed by atoms with Crippen LogP contribution >= 0.6 is 0 Å². The second-order valence-corrected chi connectivity index (χ2v) is 8.31. The molecule has 0 spiro atoms. The van der Waals surface area contributed by atoms with Gasteiger partial charge < -0.3 is 4.74 Å². The fourth-order valence-corrected chi connectivity index (χ4v) is 4.29. The molecule has 4 rings (SSSR count). The molecule has 0 saturated carbocycles. The number of ether oxygens (including phenoxy) is 1. The quantitative estimate of drug-likeness (QED) is 0.152. The molecule has 0 fully saturated rings. The first kappa shape index (κ1) is 23.7. The van der Waals surface area contributed by atoms with E-state index in [9.17, 15) is 13.6 Å². The molecule has 0 aliphatic heterocycles. The number of allylic oxidation sites excluding steroid dienone is 1. The molecule has 3 aromatic rings. The van der Waals surface area contributed by atoms with E-state index in [-0.39, 0.29) is 16.7 Å². The SMILES string of the molecule is C=CCCc1ccc(C(=O)Oc2ccc3c(c2F)C(F)C(F)c2c-3ccc(CCC)c2F)cc1. The molecule has 1 aliphatic rings. The van der Waals surface area contributed by atoms with Gasteiger partial charge in [-0.05, 0) is 59.7 Å². The van der Waals surface area contributed by atoms with Crippen molar-refractivity contribution in [2.45, 2.75) is 45.0 Å². The third-order valence-corrected chi connectivity index (χ3v) is 6.05. The van der Waals surface area contributed by atoms with Gasteiger partial charge in [-0.25, -0.2) is 22.4 Å². The lowest BCUT2D eigenvalue weighted by Gasteiger charge is -2.28. The Morgan fingerprint density at radius 1 is 0.912 bits per heavy atom. The third kappa shape index (κ3) is 4.25. The summed E-state index contributed by atoms with van der Waals surface area (Å²) in [4.78, 5) is 12.5. The van der Waals surface area contributed by atoms with E-state index < -0.39 is 46.8 Å². The van der Waals surface area contributed by atoms with Gasteiger partial charge in [-0.15, -0.1) is 6.58 Å². The Balaban J connectivity index is 1.66. The van der Waals surface area contributed by atoms with Crippen LogP contribution in [0.2, 0.25) is 0 Å². The van der Waals surface area contributed by atoms with Gasteiger partial charge in [-0.2, -0.15) is 0 Å². The van der Waals surface area contributed by atoms with Crippen LogP contribution in [0.4, 0.5) is 17.6 Å². The van der Waals surface area contributed by atoms with Crippen molar-refractivity contribution < 1.29 is 27.1 Å². The van der Waals surface area contributed by atoms with Gasteiger partial charge in [0.2, 0.25) is 0 Å². The molecule has 2 nitrogen and oxygen atoms in total. The van der Waals surface area contributed by atoms with Crippen molar-refractivity contribution >= 4 is 5.97 Å². The predicted molar refractivity (Wildman–Crippen MR) is 123 cm³/mol. The van der Waals surface area contributed by atoms with E-state index in [1.54, 1.807) is 30.3 Å². The van der Waals surface area contributed by atoms with Gasteiger partial charge in [0.1, 0.15) is 5.82 Å². The molecule has 0 bridgehead atoms. The summed E-state index contributed by atoms with van der Waals surface area (Å²) < 4.78 is 65.4. The first-order valence-corrected chi connectivity index (χ1v) is 11.2. The van der Waals surface area contributed by atoms with Crippen LogP contribution in [-0.2, 0) is 12.8 Å². The van der Waals surface area contributed by atoms with Gasteiger partial charge in [0.25, 0.3) is 0 Å². The van der Waals surface area contributed by atoms with Gasteiger partial charge in [0.15, 0.2) is 23.9 Å². The zero-order chi connectivity index (χ0) is 24.4. The highest BCUT2D eigenvalue weighted by atomic mass is 19.2. The number of alkyl halides is 2. The zero-order valence-electron chi connectivity index (χ0n) is 18.7. The number of halogens is 4. The molecule has 0 heterocycles. The summed E-state index contributed by atoms with van der Waals surface area (Å²) in [6.07, 6.45) is -0.436. The van der Waals surface area contributed by atoms with E-state index in [1.807, 2.05) is 6.92 Å². The van der Waals surface area contributed by atoms with Crippen molar-refractivity contribution in [1.82, 2.24) is 0 Å². The molecule has 1 aliphatic carbocycles. The van der Waals surface area contributed by atoms with Crippen LogP contribution in [0.1, 0.15) is 64.7 Å². The van der Waals surface area contributed by atoms with Crippen LogP contribution in [0.5, 0.6) is 5.75 Å². The molecule has 34 heavy (non-hydrogen) atoms. The summed E-state index contributed by atoms with van der Waals surface area (Å²) in [5.41, 5.74) is 0.650. The van der Waals surface area contributed by atoms with Crippen LogP contribution in [0, 0.1) is 11.6 Å². The van der Waals surface area contributed by atoms with E-state index >= 15 is 8.78 Å². The minimum absolute atomic E-state index is 0.0437. The number of aryl methyl sites for hydroxylation is 2. The normalized spacial score (nSPS) is 16.5. The molecule has 6 heteroatoms. The zero-order valence-corrected chi connectivity index (χ0v) is 18.7. The van der Waals surface area contributed by atoms with Gasteiger partial charge >= 0.3 is 5.97 Å². The molecular weight excluding hydrogens is 444 g/mol.